The fourth-order valence-corrected chi connectivity index (χ4v) is 4.63. The maximum Gasteiger partial charge on any atom is 0.330 e. The van der Waals surface area contributed by atoms with Crippen molar-refractivity contribution >= 4 is 21.8 Å². The maximum absolute atomic E-state index is 12.5. The number of benzene rings is 2. The molecule has 1 aliphatic rings. The molecule has 0 aliphatic carbocycles. The van der Waals surface area contributed by atoms with Crippen LogP contribution in [0.3, 0.4) is 0 Å². The summed E-state index contributed by atoms with van der Waals surface area (Å²) in [7, 11) is -3.64. The highest BCUT2D eigenvalue weighted by Gasteiger charge is 2.31. The van der Waals surface area contributed by atoms with E-state index in [1.807, 2.05) is 13.8 Å². The minimum absolute atomic E-state index is 0.0419. The zero-order chi connectivity index (χ0) is 22.3. The molecular formula is C23H28N2O4S. The molecule has 1 heterocycles. The largest absolute Gasteiger partial charge is 0.459 e. The average molecular weight is 429 g/mol. The first-order valence-corrected chi connectivity index (χ1v) is 11.4. The van der Waals surface area contributed by atoms with Gasteiger partial charge >= 0.3 is 5.97 Å². The van der Waals surface area contributed by atoms with Gasteiger partial charge in [-0.1, -0.05) is 45.0 Å². The summed E-state index contributed by atoms with van der Waals surface area (Å²) in [6.07, 6.45) is 0. The standard InChI is InChI=1S/C23H28N2O4S/c1-14-11-17(23(4,5)6)12-15(2)19(14)13-29-22(26)16(3)24-21-18-9-7-8-10-20(18)30(27,28)25-21/h7-12,16H,13H2,1-6H3,(H,24,25)/t16-/m0/s1. The lowest BCUT2D eigenvalue weighted by atomic mass is 9.84. The van der Waals surface area contributed by atoms with E-state index in [0.29, 0.717) is 5.56 Å². The summed E-state index contributed by atoms with van der Waals surface area (Å²) in [5, 5.41) is 0. The summed E-state index contributed by atoms with van der Waals surface area (Å²) in [6.45, 7) is 12.3. The van der Waals surface area contributed by atoms with Crippen molar-refractivity contribution in [1.82, 2.24) is 4.72 Å². The van der Waals surface area contributed by atoms with E-state index >= 15 is 0 Å². The summed E-state index contributed by atoms with van der Waals surface area (Å²) in [4.78, 5) is 16.9. The molecule has 3 rings (SSSR count). The Hall–Kier alpha value is -2.67. The molecule has 0 aromatic heterocycles. The van der Waals surface area contributed by atoms with Gasteiger partial charge in [-0.05, 0) is 60.6 Å². The number of carbonyl (C=O) groups excluding carboxylic acids is 1. The zero-order valence-corrected chi connectivity index (χ0v) is 19.1. The average Bonchev–Trinajstić information content (AvgIpc) is 2.90. The minimum atomic E-state index is -3.64. The summed E-state index contributed by atoms with van der Waals surface area (Å²) in [5.74, 6) is -0.346. The lowest BCUT2D eigenvalue weighted by Crippen LogP contribution is -2.26. The molecule has 0 bridgehead atoms. The van der Waals surface area contributed by atoms with Crippen molar-refractivity contribution in [3.05, 3.63) is 64.2 Å². The molecule has 0 unspecified atom stereocenters. The topological polar surface area (TPSA) is 84.8 Å². The Kier molecular flexibility index (Phi) is 5.78. The lowest BCUT2D eigenvalue weighted by Gasteiger charge is -2.22. The van der Waals surface area contributed by atoms with E-state index in [4.69, 9.17) is 4.74 Å². The molecule has 6 nitrogen and oxygen atoms in total. The molecule has 160 valence electrons. The third-order valence-electron chi connectivity index (χ3n) is 5.25. The van der Waals surface area contributed by atoms with Gasteiger partial charge in [-0.2, -0.15) is 0 Å². The Bertz CT molecular complexity index is 1110. The van der Waals surface area contributed by atoms with Crippen LogP contribution >= 0.6 is 0 Å². The number of nitrogens with zero attached hydrogens (tertiary/aromatic N) is 1. The van der Waals surface area contributed by atoms with E-state index in [1.54, 1.807) is 25.1 Å². The first-order chi connectivity index (χ1) is 13.9. The molecule has 7 heteroatoms. The molecule has 2 aromatic carbocycles. The van der Waals surface area contributed by atoms with Crippen LogP contribution in [0.4, 0.5) is 0 Å². The number of nitrogens with one attached hydrogen (secondary N) is 1. The molecule has 0 saturated heterocycles. The summed E-state index contributed by atoms with van der Waals surface area (Å²) in [6, 6.07) is 9.96. The highest BCUT2D eigenvalue weighted by Crippen LogP contribution is 2.27. The zero-order valence-electron chi connectivity index (χ0n) is 18.2. The van der Waals surface area contributed by atoms with Gasteiger partial charge < -0.3 is 4.74 Å². The van der Waals surface area contributed by atoms with Crippen LogP contribution < -0.4 is 4.72 Å². The van der Waals surface area contributed by atoms with Gasteiger partial charge in [-0.25, -0.2) is 13.2 Å². The molecule has 0 saturated carbocycles. The van der Waals surface area contributed by atoms with Gasteiger partial charge in [-0.3, -0.25) is 9.71 Å². The van der Waals surface area contributed by atoms with Crippen LogP contribution in [0.15, 0.2) is 46.3 Å². The van der Waals surface area contributed by atoms with E-state index in [2.05, 4.69) is 42.6 Å². The summed E-state index contributed by atoms with van der Waals surface area (Å²) < 4.78 is 32.3. The molecule has 1 aliphatic heterocycles. The van der Waals surface area contributed by atoms with Crippen LogP contribution in [-0.4, -0.2) is 26.3 Å². The number of esters is 1. The highest BCUT2D eigenvalue weighted by molar-refractivity contribution is 7.90. The number of hydrogen-bond acceptors (Lipinski definition) is 5. The van der Waals surface area contributed by atoms with Gasteiger partial charge in [0.25, 0.3) is 10.0 Å². The van der Waals surface area contributed by atoms with Gasteiger partial charge in [0.05, 0.1) is 4.90 Å². The third-order valence-corrected chi connectivity index (χ3v) is 6.64. The molecule has 0 radical (unpaired) electrons. The normalized spacial score (nSPS) is 17.3. The third kappa shape index (κ3) is 4.41. The Morgan fingerprint density at radius 2 is 1.73 bits per heavy atom. The van der Waals surface area contributed by atoms with E-state index in [9.17, 15) is 13.2 Å². The summed E-state index contributed by atoms with van der Waals surface area (Å²) >= 11 is 0. The lowest BCUT2D eigenvalue weighted by molar-refractivity contribution is -0.146. The van der Waals surface area contributed by atoms with Crippen LogP contribution in [0, 0.1) is 13.8 Å². The van der Waals surface area contributed by atoms with Crippen molar-refractivity contribution < 1.29 is 17.9 Å². The van der Waals surface area contributed by atoms with Crippen LogP contribution in [0.5, 0.6) is 0 Å². The number of aliphatic imine (C=N–C) groups is 1. The quantitative estimate of drug-likeness (QED) is 0.751. The number of sulfonamides is 1. The molecule has 1 N–H and O–H groups in total. The molecule has 2 aromatic rings. The van der Waals surface area contributed by atoms with Gasteiger partial charge in [0.15, 0.2) is 0 Å². The Balaban J connectivity index is 1.75. The van der Waals surface area contributed by atoms with Gasteiger partial charge in [0, 0.05) is 5.56 Å². The summed E-state index contributed by atoms with van der Waals surface area (Å²) in [5.41, 5.74) is 4.86. The second-order valence-electron chi connectivity index (χ2n) is 8.70. The number of fused-ring (bicyclic) bond motifs is 1. The van der Waals surface area contributed by atoms with E-state index < -0.39 is 22.0 Å². The van der Waals surface area contributed by atoms with Crippen molar-refractivity contribution in [2.24, 2.45) is 4.99 Å². The Morgan fingerprint density at radius 3 is 2.33 bits per heavy atom. The Morgan fingerprint density at radius 1 is 1.13 bits per heavy atom. The van der Waals surface area contributed by atoms with Crippen LogP contribution in [0.1, 0.15) is 55.5 Å². The molecule has 0 amide bonds. The van der Waals surface area contributed by atoms with Gasteiger partial charge in [0.1, 0.15) is 18.5 Å². The SMILES string of the molecule is Cc1cc(C(C)(C)C)cc(C)c1COC(=O)[C@H](C)N=C1NS(=O)(=O)c2ccccc21. The minimum Gasteiger partial charge on any atom is -0.459 e. The van der Waals surface area contributed by atoms with Crippen LogP contribution in [0.2, 0.25) is 0 Å². The molecule has 0 fully saturated rings. The number of hydrogen-bond donors (Lipinski definition) is 1. The molecule has 1 atom stereocenters. The number of ether oxygens (including phenoxy) is 1. The van der Waals surface area contributed by atoms with Gasteiger partial charge in [-0.15, -0.1) is 0 Å². The second-order valence-corrected chi connectivity index (χ2v) is 10.4. The monoisotopic (exact) mass is 428 g/mol. The van der Waals surface area contributed by atoms with Gasteiger partial charge in [0.2, 0.25) is 0 Å². The first kappa shape index (κ1) is 22.0. The maximum atomic E-state index is 12.5. The number of carbonyl (C=O) groups is 1. The van der Waals surface area contributed by atoms with Crippen molar-refractivity contribution in [3.8, 4) is 0 Å². The fourth-order valence-electron chi connectivity index (χ4n) is 3.39. The number of aryl methyl sites for hydroxylation is 2. The fraction of sp³-hybridized carbons (Fsp3) is 0.391. The molecule has 0 spiro atoms. The Labute approximate surface area is 178 Å². The van der Waals surface area contributed by atoms with E-state index in [-0.39, 0.29) is 22.8 Å². The smallest absolute Gasteiger partial charge is 0.330 e. The number of rotatable bonds is 4. The van der Waals surface area contributed by atoms with Crippen molar-refractivity contribution in [1.29, 1.82) is 0 Å². The van der Waals surface area contributed by atoms with Crippen LogP contribution in [-0.2, 0) is 31.6 Å². The highest BCUT2D eigenvalue weighted by atomic mass is 32.2. The second kappa shape index (κ2) is 7.87. The predicted molar refractivity (Wildman–Crippen MR) is 117 cm³/mol. The van der Waals surface area contributed by atoms with Crippen molar-refractivity contribution in [2.45, 2.75) is 64.5 Å². The van der Waals surface area contributed by atoms with Crippen molar-refractivity contribution in [2.75, 3.05) is 0 Å². The molecule has 30 heavy (non-hydrogen) atoms. The van der Waals surface area contributed by atoms with E-state index in [0.717, 1.165) is 16.7 Å². The first-order valence-electron chi connectivity index (χ1n) is 9.87. The predicted octanol–water partition coefficient (Wildman–Crippen LogP) is 3.77. The van der Waals surface area contributed by atoms with Crippen LogP contribution in [0.25, 0.3) is 0 Å². The van der Waals surface area contributed by atoms with E-state index in [1.165, 1.54) is 11.6 Å². The van der Waals surface area contributed by atoms with Crippen molar-refractivity contribution in [3.63, 3.8) is 0 Å². The number of amidine groups is 1. The molecular weight excluding hydrogens is 400 g/mol.